The molecule has 0 aromatic heterocycles. The second-order valence-corrected chi connectivity index (χ2v) is 7.77. The highest BCUT2D eigenvalue weighted by molar-refractivity contribution is 5.42. The lowest BCUT2D eigenvalue weighted by Gasteiger charge is -2.34. The van der Waals surface area contributed by atoms with Gasteiger partial charge in [0.15, 0.2) is 0 Å². The molecule has 0 amide bonds. The fraction of sp³-hybridized carbons (Fsp3) is 0.478. The van der Waals surface area contributed by atoms with E-state index >= 15 is 0 Å². The quantitative estimate of drug-likeness (QED) is 0.731. The Balaban J connectivity index is 1.51. The average molecular weight is 407 g/mol. The zero-order chi connectivity index (χ0) is 21.0. The number of rotatable bonds is 6. The van der Waals surface area contributed by atoms with Gasteiger partial charge in [0.2, 0.25) is 0 Å². The second-order valence-electron chi connectivity index (χ2n) is 7.77. The molecule has 3 rings (SSSR count). The molecule has 1 N–H and O–H groups in total. The van der Waals surface area contributed by atoms with E-state index in [0.29, 0.717) is 0 Å². The van der Waals surface area contributed by atoms with Crippen LogP contribution in [0.25, 0.3) is 0 Å². The lowest BCUT2D eigenvalue weighted by Crippen LogP contribution is -2.36. The van der Waals surface area contributed by atoms with Crippen LogP contribution in [0.3, 0.4) is 0 Å². The van der Waals surface area contributed by atoms with Crippen LogP contribution in [0.2, 0.25) is 0 Å². The summed E-state index contributed by atoms with van der Waals surface area (Å²) in [6.45, 7) is 4.52. The lowest BCUT2D eigenvalue weighted by atomic mass is 9.86. The van der Waals surface area contributed by atoms with Crippen molar-refractivity contribution in [1.82, 2.24) is 4.90 Å². The Hall–Kier alpha value is -2.05. The molecule has 158 valence electrons. The highest BCUT2D eigenvalue weighted by Gasteiger charge is 2.30. The Morgan fingerprint density at radius 2 is 1.76 bits per heavy atom. The third-order valence-corrected chi connectivity index (χ3v) is 5.84. The molecule has 29 heavy (non-hydrogen) atoms. The van der Waals surface area contributed by atoms with Crippen molar-refractivity contribution >= 4 is 0 Å². The van der Waals surface area contributed by atoms with Crippen molar-refractivity contribution in [2.75, 3.05) is 26.7 Å². The van der Waals surface area contributed by atoms with Gasteiger partial charge >= 0.3 is 6.18 Å². The molecule has 0 spiro atoms. The predicted octanol–water partition coefficient (Wildman–Crippen LogP) is 5.01. The molecule has 0 radical (unpaired) electrons. The molecule has 1 heterocycles. The number of likely N-dealkylation sites (tertiary alicyclic amines) is 1. The fourth-order valence-electron chi connectivity index (χ4n) is 4.08. The Labute approximate surface area is 170 Å². The minimum absolute atomic E-state index is 0.174. The van der Waals surface area contributed by atoms with E-state index in [1.807, 2.05) is 25.1 Å². The molecule has 1 aliphatic rings. The molecule has 2 aromatic rings. The van der Waals surface area contributed by atoms with Crippen LogP contribution >= 0.6 is 0 Å². The van der Waals surface area contributed by atoms with Gasteiger partial charge in [-0.25, -0.2) is 0 Å². The maximum Gasteiger partial charge on any atom is 0.416 e. The molecule has 0 aliphatic carbocycles. The van der Waals surface area contributed by atoms with Gasteiger partial charge in [0.25, 0.3) is 0 Å². The Morgan fingerprint density at radius 3 is 2.34 bits per heavy atom. The van der Waals surface area contributed by atoms with Crippen LogP contribution in [-0.4, -0.2) is 36.8 Å². The van der Waals surface area contributed by atoms with Crippen molar-refractivity contribution in [3.8, 4) is 5.75 Å². The van der Waals surface area contributed by atoms with E-state index in [0.717, 1.165) is 73.5 Å². The van der Waals surface area contributed by atoms with Gasteiger partial charge in [-0.3, -0.25) is 0 Å². The summed E-state index contributed by atoms with van der Waals surface area (Å²) in [6, 6.07) is 11.2. The molecule has 1 aliphatic heterocycles. The topological polar surface area (TPSA) is 32.7 Å². The monoisotopic (exact) mass is 407 g/mol. The van der Waals surface area contributed by atoms with Gasteiger partial charge in [0, 0.05) is 12.1 Å². The van der Waals surface area contributed by atoms with Crippen molar-refractivity contribution in [3.05, 3.63) is 64.7 Å². The van der Waals surface area contributed by atoms with Crippen LogP contribution in [0.5, 0.6) is 5.75 Å². The summed E-state index contributed by atoms with van der Waals surface area (Å²) in [5.41, 5.74) is 2.15. The highest BCUT2D eigenvalue weighted by atomic mass is 19.4. The molecule has 1 atom stereocenters. The summed E-state index contributed by atoms with van der Waals surface area (Å²) >= 11 is 0. The van der Waals surface area contributed by atoms with E-state index in [-0.39, 0.29) is 5.92 Å². The highest BCUT2D eigenvalue weighted by Crippen LogP contribution is 2.37. The number of hydrogen-bond acceptors (Lipinski definition) is 3. The molecule has 3 nitrogen and oxygen atoms in total. The number of para-hydroxylation sites is 1. The molecule has 2 aromatic carbocycles. The first kappa shape index (κ1) is 21.7. The lowest BCUT2D eigenvalue weighted by molar-refractivity contribution is -0.137. The van der Waals surface area contributed by atoms with E-state index in [4.69, 9.17) is 4.74 Å². The van der Waals surface area contributed by atoms with Gasteiger partial charge < -0.3 is 14.7 Å². The summed E-state index contributed by atoms with van der Waals surface area (Å²) < 4.78 is 43.4. The number of aliphatic hydroxyl groups is 1. The van der Waals surface area contributed by atoms with Gasteiger partial charge in [0.05, 0.1) is 18.8 Å². The van der Waals surface area contributed by atoms with Gasteiger partial charge in [-0.15, -0.1) is 0 Å². The molecule has 1 unspecified atom stereocenters. The minimum atomic E-state index is -4.29. The smallest absolute Gasteiger partial charge is 0.416 e. The fourth-order valence-corrected chi connectivity index (χ4v) is 4.08. The number of aliphatic hydroxyl groups excluding tert-OH is 1. The predicted molar refractivity (Wildman–Crippen MR) is 107 cm³/mol. The van der Waals surface area contributed by atoms with Crippen molar-refractivity contribution in [2.24, 2.45) is 5.92 Å². The van der Waals surface area contributed by atoms with E-state index in [2.05, 4.69) is 4.90 Å². The molecular formula is C23H28F3NO2. The molecule has 6 heteroatoms. The van der Waals surface area contributed by atoms with Crippen LogP contribution in [-0.2, 0) is 12.6 Å². The van der Waals surface area contributed by atoms with Crippen LogP contribution in [0.1, 0.15) is 41.2 Å². The second kappa shape index (κ2) is 9.18. The minimum Gasteiger partial charge on any atom is -0.496 e. The number of nitrogens with zero attached hydrogens (tertiary/aromatic N) is 1. The molecular weight excluding hydrogens is 379 g/mol. The molecule has 0 bridgehead atoms. The van der Waals surface area contributed by atoms with Gasteiger partial charge in [0.1, 0.15) is 5.75 Å². The molecule has 1 fully saturated rings. The van der Waals surface area contributed by atoms with Crippen molar-refractivity contribution in [1.29, 1.82) is 0 Å². The van der Waals surface area contributed by atoms with E-state index in [1.54, 1.807) is 19.2 Å². The third-order valence-electron chi connectivity index (χ3n) is 5.84. The first-order valence-electron chi connectivity index (χ1n) is 9.99. The summed E-state index contributed by atoms with van der Waals surface area (Å²) in [6.07, 6.45) is -2.36. The average Bonchev–Trinajstić information content (AvgIpc) is 2.71. The number of aryl methyl sites for hydroxylation is 1. The number of ether oxygens (including phenoxy) is 1. The van der Waals surface area contributed by atoms with Crippen molar-refractivity contribution in [2.45, 2.75) is 38.5 Å². The first-order valence-corrected chi connectivity index (χ1v) is 9.99. The van der Waals surface area contributed by atoms with Crippen molar-refractivity contribution < 1.29 is 23.0 Å². The number of halogens is 3. The van der Waals surface area contributed by atoms with E-state index < -0.39 is 17.8 Å². The molecule has 0 saturated carbocycles. The largest absolute Gasteiger partial charge is 0.496 e. The van der Waals surface area contributed by atoms with E-state index in [9.17, 15) is 18.3 Å². The van der Waals surface area contributed by atoms with Crippen molar-refractivity contribution in [3.63, 3.8) is 0 Å². The van der Waals surface area contributed by atoms with Crippen LogP contribution in [0.15, 0.2) is 42.5 Å². The summed E-state index contributed by atoms with van der Waals surface area (Å²) in [7, 11) is 1.63. The maximum atomic E-state index is 12.7. The Bertz CT molecular complexity index is 797. The Kier molecular flexibility index (Phi) is 6.85. The SMILES string of the molecule is COc1c(C)cccc1C(O)C1CCN(CCc2ccc(C(F)(F)F)cc2)CC1. The summed E-state index contributed by atoms with van der Waals surface area (Å²) in [5.74, 6) is 0.928. The third kappa shape index (κ3) is 5.31. The zero-order valence-electron chi connectivity index (χ0n) is 16.9. The number of hydrogen-bond donors (Lipinski definition) is 1. The number of piperidine rings is 1. The van der Waals surface area contributed by atoms with Gasteiger partial charge in [-0.1, -0.05) is 30.3 Å². The van der Waals surface area contributed by atoms with Gasteiger partial charge in [-0.05, 0) is 68.5 Å². The number of methoxy groups -OCH3 is 1. The first-order chi connectivity index (χ1) is 13.8. The standard InChI is InChI=1S/C23H28F3NO2/c1-16-4-3-5-20(22(16)29-2)21(28)18-11-14-27(15-12-18)13-10-17-6-8-19(9-7-17)23(24,25)26/h3-9,18,21,28H,10-15H2,1-2H3. The summed E-state index contributed by atoms with van der Waals surface area (Å²) in [4.78, 5) is 2.31. The van der Waals surface area contributed by atoms with Gasteiger partial charge in [-0.2, -0.15) is 13.2 Å². The maximum absolute atomic E-state index is 12.7. The van der Waals surface area contributed by atoms with E-state index in [1.165, 1.54) is 0 Å². The zero-order valence-corrected chi connectivity index (χ0v) is 16.9. The Morgan fingerprint density at radius 1 is 1.10 bits per heavy atom. The number of alkyl halides is 3. The number of benzene rings is 2. The summed E-state index contributed by atoms with van der Waals surface area (Å²) in [5, 5.41) is 10.9. The van der Waals surface area contributed by atoms with Crippen LogP contribution in [0, 0.1) is 12.8 Å². The normalized spacial score (nSPS) is 17.3. The van der Waals surface area contributed by atoms with Crippen LogP contribution in [0.4, 0.5) is 13.2 Å². The van der Waals surface area contributed by atoms with Crippen LogP contribution < -0.4 is 4.74 Å². The molecule has 1 saturated heterocycles.